The molecule has 3 rings (SSSR count). The van der Waals surface area contributed by atoms with Crippen LogP contribution in [0, 0.1) is 0 Å². The normalized spacial score (nSPS) is 17.2. The van der Waals surface area contributed by atoms with Crippen molar-refractivity contribution in [1.29, 1.82) is 0 Å². The van der Waals surface area contributed by atoms with E-state index in [-0.39, 0.29) is 6.10 Å². The smallest absolute Gasteiger partial charge is 0.206 e. The molecule has 0 aromatic heterocycles. The molecule has 1 N–H and O–H groups in total. The first kappa shape index (κ1) is 16.2. The Morgan fingerprint density at radius 1 is 1.13 bits per heavy atom. The van der Waals surface area contributed by atoms with Gasteiger partial charge < -0.3 is 10.1 Å². The van der Waals surface area contributed by atoms with Gasteiger partial charge in [-0.15, -0.1) is 0 Å². The summed E-state index contributed by atoms with van der Waals surface area (Å²) < 4.78 is 31.2. The van der Waals surface area contributed by atoms with Gasteiger partial charge >= 0.3 is 0 Å². The number of fused-ring (bicyclic) bond motifs is 1. The van der Waals surface area contributed by atoms with Crippen molar-refractivity contribution >= 4 is 9.84 Å². The second-order valence-corrected chi connectivity index (χ2v) is 7.63. The minimum atomic E-state index is -3.45. The quantitative estimate of drug-likeness (QED) is 0.827. The van der Waals surface area contributed by atoms with E-state index in [0.717, 1.165) is 30.5 Å². The van der Waals surface area contributed by atoms with Crippen molar-refractivity contribution in [2.24, 2.45) is 0 Å². The highest BCUT2D eigenvalue weighted by molar-refractivity contribution is 7.91. The first-order chi connectivity index (χ1) is 11.1. The summed E-state index contributed by atoms with van der Waals surface area (Å²) in [7, 11) is -1.55. The number of sulfone groups is 1. The van der Waals surface area contributed by atoms with Gasteiger partial charge in [-0.25, -0.2) is 8.42 Å². The van der Waals surface area contributed by atoms with Gasteiger partial charge in [-0.2, -0.15) is 0 Å². The monoisotopic (exact) mass is 331 g/mol. The topological polar surface area (TPSA) is 55.4 Å². The first-order valence-electron chi connectivity index (χ1n) is 7.82. The summed E-state index contributed by atoms with van der Waals surface area (Å²) in [6, 6.07) is 14.0. The molecule has 1 aliphatic carbocycles. The Hall–Kier alpha value is -1.69. The number of hydrogen-bond acceptors (Lipinski definition) is 4. The largest absolute Gasteiger partial charge is 0.372 e. The molecule has 4 nitrogen and oxygen atoms in total. The summed E-state index contributed by atoms with van der Waals surface area (Å²) in [5, 5.41) is 3.06. The predicted octanol–water partition coefficient (Wildman–Crippen LogP) is 2.74. The lowest BCUT2D eigenvalue weighted by Crippen LogP contribution is -2.15. The third kappa shape index (κ3) is 3.32. The lowest BCUT2D eigenvalue weighted by molar-refractivity contribution is 0.0568. The Kier molecular flexibility index (Phi) is 4.80. The molecule has 2 aromatic carbocycles. The zero-order valence-corrected chi connectivity index (χ0v) is 14.0. The number of rotatable bonds is 6. The standard InChI is InChI=1S/C18H21NO3S/c1-19-11-12-22-18-10-7-14-13-16(8-9-17(14)18)23(20,21)15-5-3-2-4-6-15/h2-6,8-9,13,18-19H,7,10-12H2,1H3. The Morgan fingerprint density at radius 2 is 1.91 bits per heavy atom. The van der Waals surface area contributed by atoms with Crippen molar-refractivity contribution in [2.45, 2.75) is 28.7 Å². The lowest BCUT2D eigenvalue weighted by atomic mass is 10.1. The summed E-state index contributed by atoms with van der Waals surface area (Å²) in [6.45, 7) is 1.47. The molecule has 2 aromatic rings. The third-order valence-electron chi connectivity index (χ3n) is 4.17. The van der Waals surface area contributed by atoms with E-state index >= 15 is 0 Å². The van der Waals surface area contributed by atoms with E-state index < -0.39 is 9.84 Å². The maximum Gasteiger partial charge on any atom is 0.206 e. The number of ether oxygens (including phenoxy) is 1. The molecule has 5 heteroatoms. The minimum Gasteiger partial charge on any atom is -0.372 e. The lowest BCUT2D eigenvalue weighted by Gasteiger charge is -2.13. The van der Waals surface area contributed by atoms with Gasteiger partial charge in [0, 0.05) is 6.54 Å². The van der Waals surface area contributed by atoms with Crippen LogP contribution < -0.4 is 5.32 Å². The van der Waals surface area contributed by atoms with Crippen LogP contribution in [0.3, 0.4) is 0 Å². The molecule has 1 unspecified atom stereocenters. The van der Waals surface area contributed by atoms with Gasteiger partial charge in [-0.1, -0.05) is 24.3 Å². The van der Waals surface area contributed by atoms with Gasteiger partial charge in [-0.3, -0.25) is 0 Å². The van der Waals surface area contributed by atoms with Crippen molar-refractivity contribution in [1.82, 2.24) is 5.32 Å². The van der Waals surface area contributed by atoms with Crippen molar-refractivity contribution < 1.29 is 13.2 Å². The molecule has 23 heavy (non-hydrogen) atoms. The highest BCUT2D eigenvalue weighted by atomic mass is 32.2. The Labute approximate surface area is 137 Å². The molecule has 122 valence electrons. The molecule has 0 bridgehead atoms. The Balaban J connectivity index is 1.85. The van der Waals surface area contributed by atoms with Crippen LogP contribution in [-0.2, 0) is 21.0 Å². The van der Waals surface area contributed by atoms with E-state index in [1.807, 2.05) is 19.2 Å². The average molecular weight is 331 g/mol. The van der Waals surface area contributed by atoms with Crippen LogP contribution in [0.4, 0.5) is 0 Å². The molecule has 0 saturated heterocycles. The van der Waals surface area contributed by atoms with Crippen molar-refractivity contribution in [2.75, 3.05) is 20.2 Å². The maximum atomic E-state index is 12.7. The Morgan fingerprint density at radius 3 is 2.65 bits per heavy atom. The molecule has 0 saturated carbocycles. The van der Waals surface area contributed by atoms with Crippen LogP contribution in [0.2, 0.25) is 0 Å². The van der Waals surface area contributed by atoms with E-state index in [0.29, 0.717) is 16.4 Å². The Bertz CT molecular complexity index is 772. The van der Waals surface area contributed by atoms with Crippen LogP contribution >= 0.6 is 0 Å². The molecule has 0 aliphatic heterocycles. The van der Waals surface area contributed by atoms with Crippen LogP contribution in [0.25, 0.3) is 0 Å². The van der Waals surface area contributed by atoms with Gasteiger partial charge in [0.05, 0.1) is 22.5 Å². The van der Waals surface area contributed by atoms with Crippen LogP contribution in [0.5, 0.6) is 0 Å². The SMILES string of the molecule is CNCCOC1CCc2cc(S(=O)(=O)c3ccccc3)ccc21. The fourth-order valence-corrected chi connectivity index (χ4v) is 4.27. The number of nitrogens with one attached hydrogen (secondary N) is 1. The molecule has 0 heterocycles. The molecule has 0 fully saturated rings. The summed E-state index contributed by atoms with van der Waals surface area (Å²) >= 11 is 0. The van der Waals surface area contributed by atoms with E-state index in [9.17, 15) is 8.42 Å². The highest BCUT2D eigenvalue weighted by Gasteiger charge is 2.26. The van der Waals surface area contributed by atoms with E-state index in [1.54, 1.807) is 36.4 Å². The highest BCUT2D eigenvalue weighted by Crippen LogP contribution is 2.36. The maximum absolute atomic E-state index is 12.7. The molecule has 0 spiro atoms. The van der Waals surface area contributed by atoms with Gasteiger partial charge in [0.25, 0.3) is 0 Å². The van der Waals surface area contributed by atoms with E-state index in [1.165, 1.54) is 0 Å². The molecular weight excluding hydrogens is 310 g/mol. The van der Waals surface area contributed by atoms with Crippen molar-refractivity contribution in [3.8, 4) is 0 Å². The zero-order valence-electron chi connectivity index (χ0n) is 13.2. The fourth-order valence-electron chi connectivity index (χ4n) is 2.93. The van der Waals surface area contributed by atoms with Gasteiger partial charge in [0.1, 0.15) is 0 Å². The number of hydrogen-bond donors (Lipinski definition) is 1. The number of benzene rings is 2. The van der Waals surface area contributed by atoms with Crippen molar-refractivity contribution in [3.05, 3.63) is 59.7 Å². The minimum absolute atomic E-state index is 0.0758. The first-order valence-corrected chi connectivity index (χ1v) is 9.30. The molecule has 0 amide bonds. The third-order valence-corrected chi connectivity index (χ3v) is 5.94. The summed E-state index contributed by atoms with van der Waals surface area (Å²) in [4.78, 5) is 0.693. The van der Waals surface area contributed by atoms with Crippen LogP contribution in [0.1, 0.15) is 23.7 Å². The molecule has 0 radical (unpaired) electrons. The summed E-state index contributed by atoms with van der Waals surface area (Å²) in [5.74, 6) is 0. The average Bonchev–Trinajstić information content (AvgIpc) is 2.98. The van der Waals surface area contributed by atoms with Gasteiger partial charge in [0.2, 0.25) is 9.84 Å². The second kappa shape index (κ2) is 6.83. The number of likely N-dealkylation sites (N-methyl/N-ethyl adjacent to an activating group) is 1. The van der Waals surface area contributed by atoms with Gasteiger partial charge in [0.15, 0.2) is 0 Å². The zero-order chi connectivity index (χ0) is 16.3. The van der Waals surface area contributed by atoms with E-state index in [4.69, 9.17) is 4.74 Å². The predicted molar refractivity (Wildman–Crippen MR) is 89.3 cm³/mol. The molecule has 1 aliphatic rings. The molecular formula is C18H21NO3S. The fraction of sp³-hybridized carbons (Fsp3) is 0.333. The molecule has 1 atom stereocenters. The van der Waals surface area contributed by atoms with Crippen LogP contribution in [0.15, 0.2) is 58.3 Å². The van der Waals surface area contributed by atoms with Crippen LogP contribution in [-0.4, -0.2) is 28.6 Å². The van der Waals surface area contributed by atoms with E-state index in [2.05, 4.69) is 5.32 Å². The second-order valence-electron chi connectivity index (χ2n) is 5.68. The van der Waals surface area contributed by atoms with Gasteiger partial charge in [-0.05, 0) is 55.3 Å². The summed E-state index contributed by atoms with van der Waals surface area (Å²) in [6.07, 6.45) is 1.85. The summed E-state index contributed by atoms with van der Waals surface area (Å²) in [5.41, 5.74) is 2.20. The number of aryl methyl sites for hydroxylation is 1. The van der Waals surface area contributed by atoms with Crippen molar-refractivity contribution in [3.63, 3.8) is 0 Å².